The van der Waals surface area contributed by atoms with Crippen LogP contribution < -0.4 is 10.5 Å². The summed E-state index contributed by atoms with van der Waals surface area (Å²) in [6, 6.07) is 0. The number of sulfonamides is 1. The van der Waals surface area contributed by atoms with Crippen LogP contribution in [0.4, 0.5) is 5.95 Å². The first kappa shape index (κ1) is 12.9. The van der Waals surface area contributed by atoms with Crippen molar-refractivity contribution in [2.45, 2.75) is 18.4 Å². The predicted octanol–water partition coefficient (Wildman–Crippen LogP) is 0.501. The molecule has 3 N–H and O–H groups in total. The van der Waals surface area contributed by atoms with Crippen LogP contribution in [0.15, 0.2) is 22.7 Å². The van der Waals surface area contributed by atoms with Gasteiger partial charge in [-0.15, -0.1) is 16.4 Å². The molecule has 0 spiro atoms. The first-order valence-electron chi connectivity index (χ1n) is 4.98. The van der Waals surface area contributed by atoms with E-state index in [9.17, 15) is 8.42 Å². The van der Waals surface area contributed by atoms with Crippen LogP contribution >= 0.6 is 11.3 Å². The van der Waals surface area contributed by atoms with Crippen LogP contribution in [0.3, 0.4) is 0 Å². The summed E-state index contributed by atoms with van der Waals surface area (Å²) in [5.41, 5.74) is 6.18. The van der Waals surface area contributed by atoms with Gasteiger partial charge in [0.15, 0.2) is 0 Å². The lowest BCUT2D eigenvalue weighted by Gasteiger charge is -2.07. The number of hydrogen-bond acceptors (Lipinski definition) is 7. The normalized spacial score (nSPS) is 11.4. The summed E-state index contributed by atoms with van der Waals surface area (Å²) >= 11 is 1.31. The molecule has 2 aromatic rings. The van der Waals surface area contributed by atoms with E-state index in [1.165, 1.54) is 23.7 Å². The smallest absolute Gasteiger partial charge is 0.265 e. The highest BCUT2D eigenvalue weighted by atomic mass is 32.2. The third kappa shape index (κ3) is 2.47. The molecule has 0 aliphatic heterocycles. The molecule has 0 aliphatic rings. The molecule has 2 rings (SSSR count). The van der Waals surface area contributed by atoms with Crippen molar-refractivity contribution in [1.82, 2.24) is 15.2 Å². The van der Waals surface area contributed by atoms with Gasteiger partial charge in [-0.3, -0.25) is 0 Å². The fraction of sp³-hybridized carbons (Fsp3) is 0.222. The Bertz CT molecular complexity index is 638. The van der Waals surface area contributed by atoms with Gasteiger partial charge >= 0.3 is 0 Å². The van der Waals surface area contributed by atoms with Crippen LogP contribution in [-0.4, -0.2) is 23.6 Å². The largest absolute Gasteiger partial charge is 0.326 e. The van der Waals surface area contributed by atoms with Gasteiger partial charge in [0.25, 0.3) is 16.0 Å². The summed E-state index contributed by atoms with van der Waals surface area (Å²) in [5, 5.41) is 8.88. The molecule has 7 nitrogen and oxygen atoms in total. The fourth-order valence-corrected chi connectivity index (χ4v) is 4.11. The molecule has 0 unspecified atom stereocenters. The monoisotopic (exact) mass is 285 g/mol. The van der Waals surface area contributed by atoms with E-state index in [1.54, 1.807) is 12.3 Å². The van der Waals surface area contributed by atoms with Gasteiger partial charge in [-0.2, -0.15) is 5.10 Å². The summed E-state index contributed by atoms with van der Waals surface area (Å²) in [4.78, 5) is 4.56. The Labute approximate surface area is 108 Å². The Morgan fingerprint density at radius 3 is 2.83 bits per heavy atom. The zero-order valence-electron chi connectivity index (χ0n) is 9.49. The Morgan fingerprint density at radius 2 is 2.22 bits per heavy atom. The number of hydrogen-bond donors (Lipinski definition) is 2. The van der Waals surface area contributed by atoms with E-state index in [2.05, 4.69) is 19.9 Å². The number of nitrogens with one attached hydrogen (secondary N) is 1. The van der Waals surface area contributed by atoms with E-state index in [0.717, 1.165) is 0 Å². The lowest BCUT2D eigenvalue weighted by Crippen LogP contribution is -2.17. The van der Waals surface area contributed by atoms with E-state index in [1.807, 2.05) is 0 Å². The molecule has 0 radical (unpaired) electrons. The molecule has 96 valence electrons. The third-order valence-corrected chi connectivity index (χ3v) is 4.96. The Hall–Kier alpha value is -1.58. The second-order valence-electron chi connectivity index (χ2n) is 3.45. The van der Waals surface area contributed by atoms with Gasteiger partial charge in [0.2, 0.25) is 0 Å². The quantitative estimate of drug-likeness (QED) is 0.846. The minimum Gasteiger partial charge on any atom is -0.326 e. The topological polar surface area (TPSA) is 111 Å². The van der Waals surface area contributed by atoms with Gasteiger partial charge in [0, 0.05) is 11.4 Å². The highest BCUT2D eigenvalue weighted by Crippen LogP contribution is 2.27. The van der Waals surface area contributed by atoms with E-state index in [0.29, 0.717) is 10.4 Å². The van der Waals surface area contributed by atoms with Gasteiger partial charge in [-0.25, -0.2) is 18.1 Å². The Morgan fingerprint density at radius 1 is 1.44 bits per heavy atom. The number of thiophene rings is 1. The van der Waals surface area contributed by atoms with Crippen LogP contribution in [-0.2, 0) is 16.6 Å². The second-order valence-corrected chi connectivity index (χ2v) is 6.03. The molecule has 0 aromatic carbocycles. The van der Waals surface area contributed by atoms with Crippen molar-refractivity contribution < 1.29 is 8.42 Å². The fourth-order valence-electron chi connectivity index (χ4n) is 1.45. The molecule has 0 aliphatic carbocycles. The number of nitrogens with two attached hydrogens (primary N) is 1. The van der Waals surface area contributed by atoms with Crippen molar-refractivity contribution in [3.05, 3.63) is 28.2 Å². The number of anilines is 1. The van der Waals surface area contributed by atoms with Gasteiger partial charge in [-0.05, 0) is 17.9 Å². The summed E-state index contributed by atoms with van der Waals surface area (Å²) in [5.74, 6) is -0.0638. The van der Waals surface area contributed by atoms with Crippen molar-refractivity contribution in [2.75, 3.05) is 4.72 Å². The summed E-state index contributed by atoms with van der Waals surface area (Å²) in [7, 11) is -3.73. The van der Waals surface area contributed by atoms with E-state index >= 15 is 0 Å². The van der Waals surface area contributed by atoms with Gasteiger partial charge in [-0.1, -0.05) is 0 Å². The third-order valence-electron chi connectivity index (χ3n) is 2.15. The number of nitrogens with zero attached hydrogens (tertiary/aromatic N) is 3. The molecule has 18 heavy (non-hydrogen) atoms. The lowest BCUT2D eigenvalue weighted by molar-refractivity contribution is 0.599. The molecule has 0 bridgehead atoms. The number of aromatic nitrogens is 3. The van der Waals surface area contributed by atoms with Crippen LogP contribution in [0, 0.1) is 6.92 Å². The molecule has 9 heteroatoms. The highest BCUT2D eigenvalue weighted by Gasteiger charge is 2.23. The van der Waals surface area contributed by atoms with Gasteiger partial charge in [0.05, 0.1) is 12.4 Å². The van der Waals surface area contributed by atoms with Crippen LogP contribution in [0.1, 0.15) is 10.4 Å². The first-order chi connectivity index (χ1) is 8.54. The zero-order valence-corrected chi connectivity index (χ0v) is 11.1. The number of rotatable bonds is 4. The average molecular weight is 285 g/mol. The summed E-state index contributed by atoms with van der Waals surface area (Å²) in [6.07, 6.45) is 2.72. The maximum absolute atomic E-state index is 12.2. The molecule has 0 saturated heterocycles. The predicted molar refractivity (Wildman–Crippen MR) is 67.6 cm³/mol. The molecule has 2 heterocycles. The Balaban J connectivity index is 2.40. The van der Waals surface area contributed by atoms with E-state index in [4.69, 9.17) is 5.73 Å². The summed E-state index contributed by atoms with van der Waals surface area (Å²) < 4.78 is 26.7. The van der Waals surface area contributed by atoms with E-state index in [-0.39, 0.29) is 17.4 Å². The maximum atomic E-state index is 12.2. The maximum Gasteiger partial charge on any atom is 0.265 e. The highest BCUT2D eigenvalue weighted by molar-refractivity contribution is 7.93. The number of aryl methyl sites for hydroxylation is 1. The molecule has 0 saturated carbocycles. The molecular weight excluding hydrogens is 274 g/mol. The van der Waals surface area contributed by atoms with Crippen LogP contribution in [0.2, 0.25) is 0 Å². The molecular formula is C9H11N5O2S2. The van der Waals surface area contributed by atoms with Crippen LogP contribution in [0.25, 0.3) is 0 Å². The standard InChI is InChI=1S/C9H11N5O2S2/c1-6-5-17-7(4-10)8(6)18(15,16)14-9-11-2-3-12-13-9/h2-3,5H,4,10H2,1H3,(H,11,13,14). The molecule has 0 atom stereocenters. The van der Waals surface area contributed by atoms with Crippen molar-refractivity contribution in [1.29, 1.82) is 0 Å². The van der Waals surface area contributed by atoms with Gasteiger partial charge < -0.3 is 5.73 Å². The first-order valence-corrected chi connectivity index (χ1v) is 7.34. The van der Waals surface area contributed by atoms with Crippen molar-refractivity contribution in [3.63, 3.8) is 0 Å². The Kier molecular flexibility index (Phi) is 3.55. The minimum atomic E-state index is -3.73. The second kappa shape index (κ2) is 4.96. The van der Waals surface area contributed by atoms with Crippen molar-refractivity contribution >= 4 is 27.3 Å². The van der Waals surface area contributed by atoms with E-state index < -0.39 is 10.0 Å². The molecule has 0 fully saturated rings. The average Bonchev–Trinajstić information content (AvgIpc) is 2.72. The molecule has 0 amide bonds. The lowest BCUT2D eigenvalue weighted by atomic mass is 10.3. The van der Waals surface area contributed by atoms with Gasteiger partial charge in [0.1, 0.15) is 4.90 Å². The van der Waals surface area contributed by atoms with Crippen LogP contribution in [0.5, 0.6) is 0 Å². The summed E-state index contributed by atoms with van der Waals surface area (Å²) in [6.45, 7) is 1.89. The SMILES string of the molecule is Cc1csc(CN)c1S(=O)(=O)Nc1nccnn1. The van der Waals surface area contributed by atoms with Crippen molar-refractivity contribution in [3.8, 4) is 0 Å². The zero-order chi connectivity index (χ0) is 13.2. The van der Waals surface area contributed by atoms with Crippen molar-refractivity contribution in [2.24, 2.45) is 5.73 Å². The molecule has 2 aromatic heterocycles. The minimum absolute atomic E-state index is 0.0638.